The standard InChI is InChI=1S/C8H12O3/c1-2-8(6(9)10)7(11-8)4-3-5-7/h2-5H2,1H3,(H,9,10). The molecular formula is C8H12O3. The number of epoxide rings is 1. The molecule has 1 N–H and O–H groups in total. The fraction of sp³-hybridized carbons (Fsp3) is 0.875. The molecule has 3 heteroatoms. The van der Waals surface area contributed by atoms with Gasteiger partial charge in [-0.15, -0.1) is 0 Å². The molecule has 1 spiro atoms. The van der Waals surface area contributed by atoms with Crippen molar-refractivity contribution in [3.63, 3.8) is 0 Å². The third-order valence-corrected chi connectivity index (χ3v) is 3.07. The van der Waals surface area contributed by atoms with Crippen molar-refractivity contribution >= 4 is 5.97 Å². The molecule has 1 aliphatic carbocycles. The van der Waals surface area contributed by atoms with Gasteiger partial charge in [-0.25, -0.2) is 4.79 Å². The average Bonchev–Trinajstić information content (AvgIpc) is 2.56. The van der Waals surface area contributed by atoms with E-state index in [4.69, 9.17) is 9.84 Å². The molecule has 1 atom stereocenters. The van der Waals surface area contributed by atoms with Crippen molar-refractivity contribution in [2.24, 2.45) is 0 Å². The van der Waals surface area contributed by atoms with E-state index in [1.54, 1.807) is 0 Å². The summed E-state index contributed by atoms with van der Waals surface area (Å²) in [5, 5.41) is 8.88. The van der Waals surface area contributed by atoms with Crippen LogP contribution in [0, 0.1) is 0 Å². The number of hydrogen-bond acceptors (Lipinski definition) is 2. The van der Waals surface area contributed by atoms with Crippen LogP contribution in [-0.4, -0.2) is 22.3 Å². The van der Waals surface area contributed by atoms with Crippen molar-refractivity contribution in [1.82, 2.24) is 0 Å². The quantitative estimate of drug-likeness (QED) is 0.610. The summed E-state index contributed by atoms with van der Waals surface area (Å²) in [6.45, 7) is 1.88. The van der Waals surface area contributed by atoms with Gasteiger partial charge in [-0.3, -0.25) is 0 Å². The summed E-state index contributed by atoms with van der Waals surface area (Å²) in [5.74, 6) is -0.778. The summed E-state index contributed by atoms with van der Waals surface area (Å²) in [5.41, 5.74) is -1.04. The smallest absolute Gasteiger partial charge is 0.339 e. The Morgan fingerprint density at radius 1 is 1.64 bits per heavy atom. The van der Waals surface area contributed by atoms with Crippen molar-refractivity contribution in [3.8, 4) is 0 Å². The third-order valence-electron chi connectivity index (χ3n) is 3.07. The lowest BCUT2D eigenvalue weighted by molar-refractivity contribution is -0.143. The van der Waals surface area contributed by atoms with Gasteiger partial charge in [-0.2, -0.15) is 0 Å². The minimum atomic E-state index is -0.800. The maximum Gasteiger partial charge on any atom is 0.339 e. The Hall–Kier alpha value is -0.570. The predicted molar refractivity (Wildman–Crippen MR) is 38.3 cm³/mol. The predicted octanol–water partition coefficient (Wildman–Crippen LogP) is 1.17. The molecule has 1 unspecified atom stereocenters. The molecule has 2 fully saturated rings. The number of carboxylic acids is 1. The minimum absolute atomic E-state index is 0.242. The molecule has 62 valence electrons. The van der Waals surface area contributed by atoms with E-state index in [1.165, 1.54) is 0 Å². The van der Waals surface area contributed by atoms with E-state index >= 15 is 0 Å². The molecule has 2 rings (SSSR count). The average molecular weight is 156 g/mol. The van der Waals surface area contributed by atoms with Crippen LogP contribution in [0.15, 0.2) is 0 Å². The van der Waals surface area contributed by atoms with Gasteiger partial charge in [0.1, 0.15) is 5.60 Å². The number of hydrogen-bond donors (Lipinski definition) is 1. The van der Waals surface area contributed by atoms with Gasteiger partial charge in [0.2, 0.25) is 0 Å². The molecule has 0 bridgehead atoms. The Balaban J connectivity index is 2.17. The highest BCUT2D eigenvalue weighted by atomic mass is 16.7. The zero-order valence-corrected chi connectivity index (χ0v) is 6.59. The summed E-state index contributed by atoms with van der Waals surface area (Å²) in [6.07, 6.45) is 3.59. The van der Waals surface area contributed by atoms with E-state index < -0.39 is 11.6 Å². The van der Waals surface area contributed by atoms with E-state index in [0.717, 1.165) is 19.3 Å². The third kappa shape index (κ3) is 0.601. The van der Waals surface area contributed by atoms with Crippen molar-refractivity contribution in [2.45, 2.75) is 43.8 Å². The number of carbonyl (C=O) groups is 1. The van der Waals surface area contributed by atoms with Gasteiger partial charge in [0, 0.05) is 0 Å². The maximum absolute atomic E-state index is 10.8. The summed E-state index contributed by atoms with van der Waals surface area (Å²) < 4.78 is 5.34. The normalized spacial score (nSPS) is 38.3. The first-order valence-electron chi connectivity index (χ1n) is 4.10. The van der Waals surface area contributed by atoms with Gasteiger partial charge in [0.15, 0.2) is 5.60 Å². The maximum atomic E-state index is 10.8. The van der Waals surface area contributed by atoms with Crippen molar-refractivity contribution in [2.75, 3.05) is 0 Å². The van der Waals surface area contributed by atoms with Crippen LogP contribution < -0.4 is 0 Å². The molecule has 1 heterocycles. The molecule has 1 saturated heterocycles. The summed E-state index contributed by atoms with van der Waals surface area (Å²) in [4.78, 5) is 10.8. The second-order valence-corrected chi connectivity index (χ2v) is 3.44. The summed E-state index contributed by atoms with van der Waals surface area (Å²) in [7, 11) is 0. The Kier molecular flexibility index (Phi) is 1.15. The van der Waals surface area contributed by atoms with E-state index in [0.29, 0.717) is 6.42 Å². The highest BCUT2D eigenvalue weighted by Gasteiger charge is 2.75. The SMILES string of the molecule is CCC1(C(=O)O)OC12CCC2. The van der Waals surface area contributed by atoms with Gasteiger partial charge in [-0.05, 0) is 25.7 Å². The molecule has 0 aromatic heterocycles. The monoisotopic (exact) mass is 156 g/mol. The van der Waals surface area contributed by atoms with E-state index in [2.05, 4.69) is 0 Å². The first-order valence-corrected chi connectivity index (χ1v) is 4.10. The van der Waals surface area contributed by atoms with Crippen LogP contribution in [0.5, 0.6) is 0 Å². The molecule has 0 radical (unpaired) electrons. The Labute approximate surface area is 65.4 Å². The topological polar surface area (TPSA) is 49.8 Å². The number of aliphatic carboxylic acids is 1. The lowest BCUT2D eigenvalue weighted by atomic mass is 9.75. The Morgan fingerprint density at radius 3 is 2.36 bits per heavy atom. The van der Waals surface area contributed by atoms with Crippen LogP contribution >= 0.6 is 0 Å². The zero-order chi connectivity index (χ0) is 8.11. The van der Waals surface area contributed by atoms with E-state index in [-0.39, 0.29) is 5.60 Å². The first kappa shape index (κ1) is 7.10. The molecule has 3 nitrogen and oxygen atoms in total. The van der Waals surface area contributed by atoms with Crippen molar-refractivity contribution in [3.05, 3.63) is 0 Å². The molecule has 0 amide bonds. The number of carboxylic acid groups (broad SMARTS) is 1. The van der Waals surface area contributed by atoms with Gasteiger partial charge in [-0.1, -0.05) is 6.92 Å². The lowest BCUT2D eigenvalue weighted by Crippen LogP contribution is -2.38. The second-order valence-electron chi connectivity index (χ2n) is 3.44. The van der Waals surface area contributed by atoms with Gasteiger partial charge in [0.25, 0.3) is 0 Å². The van der Waals surface area contributed by atoms with Crippen LogP contribution in [0.3, 0.4) is 0 Å². The fourth-order valence-corrected chi connectivity index (χ4v) is 2.10. The molecule has 0 aromatic rings. The lowest BCUT2D eigenvalue weighted by Gasteiger charge is -2.24. The summed E-state index contributed by atoms with van der Waals surface area (Å²) >= 11 is 0. The van der Waals surface area contributed by atoms with Crippen LogP contribution in [0.4, 0.5) is 0 Å². The summed E-state index contributed by atoms with van der Waals surface area (Å²) in [6, 6.07) is 0. The first-order chi connectivity index (χ1) is 5.17. The minimum Gasteiger partial charge on any atom is -0.479 e. The van der Waals surface area contributed by atoms with Crippen LogP contribution in [0.1, 0.15) is 32.6 Å². The Morgan fingerprint density at radius 2 is 2.27 bits per heavy atom. The van der Waals surface area contributed by atoms with Gasteiger partial charge < -0.3 is 9.84 Å². The highest BCUT2D eigenvalue weighted by Crippen LogP contribution is 2.61. The number of ether oxygens (including phenoxy) is 1. The molecule has 2 aliphatic rings. The molecule has 1 saturated carbocycles. The highest BCUT2D eigenvalue weighted by molar-refractivity contribution is 5.83. The van der Waals surface area contributed by atoms with Gasteiger partial charge >= 0.3 is 5.97 Å². The van der Waals surface area contributed by atoms with E-state index in [9.17, 15) is 4.79 Å². The molecular weight excluding hydrogens is 144 g/mol. The van der Waals surface area contributed by atoms with Crippen LogP contribution in [-0.2, 0) is 9.53 Å². The van der Waals surface area contributed by atoms with Crippen LogP contribution in [0.2, 0.25) is 0 Å². The van der Waals surface area contributed by atoms with Gasteiger partial charge in [0.05, 0.1) is 0 Å². The van der Waals surface area contributed by atoms with Crippen LogP contribution in [0.25, 0.3) is 0 Å². The Bertz CT molecular complexity index is 207. The number of rotatable bonds is 2. The molecule has 1 aliphatic heterocycles. The molecule has 0 aromatic carbocycles. The molecule has 11 heavy (non-hydrogen) atoms. The fourth-order valence-electron chi connectivity index (χ4n) is 2.10. The second kappa shape index (κ2) is 1.78. The van der Waals surface area contributed by atoms with E-state index in [1.807, 2.05) is 6.92 Å². The zero-order valence-electron chi connectivity index (χ0n) is 6.59. The largest absolute Gasteiger partial charge is 0.479 e. The van der Waals surface area contributed by atoms with Crippen molar-refractivity contribution in [1.29, 1.82) is 0 Å². The van der Waals surface area contributed by atoms with Crippen molar-refractivity contribution < 1.29 is 14.6 Å².